The molecule has 3 nitrogen and oxygen atoms in total. The maximum absolute atomic E-state index is 5.69. The van der Waals surface area contributed by atoms with Crippen LogP contribution in [0, 0.1) is 0 Å². The van der Waals surface area contributed by atoms with Crippen LogP contribution in [0.15, 0.2) is 0 Å². The van der Waals surface area contributed by atoms with Crippen molar-refractivity contribution in [2.75, 3.05) is 19.8 Å². The van der Waals surface area contributed by atoms with Crippen LogP contribution in [0.5, 0.6) is 0 Å². The van der Waals surface area contributed by atoms with Crippen LogP contribution in [0.1, 0.15) is 64.2 Å². The van der Waals surface area contributed by atoms with Gasteiger partial charge in [0.15, 0.2) is 6.29 Å². The summed E-state index contributed by atoms with van der Waals surface area (Å²) in [6.45, 7) is 2.59. The summed E-state index contributed by atoms with van der Waals surface area (Å²) in [4.78, 5) is 0. The molecule has 0 aliphatic carbocycles. The summed E-state index contributed by atoms with van der Waals surface area (Å²) in [6.07, 6.45) is 12.6. The molecule has 0 spiro atoms. The molecule has 1 heterocycles. The Morgan fingerprint density at radius 1 is 0.941 bits per heavy atom. The van der Waals surface area contributed by atoms with Crippen molar-refractivity contribution >= 4 is 0 Å². The van der Waals surface area contributed by atoms with Crippen molar-refractivity contribution < 1.29 is 9.47 Å². The molecular formula is C14H29NO2. The lowest BCUT2D eigenvalue weighted by atomic mass is 10.1. The van der Waals surface area contributed by atoms with Crippen LogP contribution in [-0.2, 0) is 9.47 Å². The van der Waals surface area contributed by atoms with Crippen LogP contribution < -0.4 is 5.73 Å². The molecule has 0 aromatic heterocycles. The van der Waals surface area contributed by atoms with Gasteiger partial charge in [-0.15, -0.1) is 0 Å². The van der Waals surface area contributed by atoms with E-state index in [2.05, 4.69) is 0 Å². The Balaban J connectivity index is 1.75. The highest BCUT2D eigenvalue weighted by Gasteiger charge is 2.13. The van der Waals surface area contributed by atoms with E-state index < -0.39 is 0 Å². The van der Waals surface area contributed by atoms with Gasteiger partial charge in [0.25, 0.3) is 0 Å². The monoisotopic (exact) mass is 243 g/mol. The Kier molecular flexibility index (Phi) is 9.66. The van der Waals surface area contributed by atoms with Crippen LogP contribution in [0.4, 0.5) is 0 Å². The summed E-state index contributed by atoms with van der Waals surface area (Å²) in [7, 11) is 0. The van der Waals surface area contributed by atoms with Crippen molar-refractivity contribution in [1.82, 2.24) is 0 Å². The lowest BCUT2D eigenvalue weighted by Gasteiger charge is -2.22. The lowest BCUT2D eigenvalue weighted by Crippen LogP contribution is -2.22. The Labute approximate surface area is 106 Å². The zero-order valence-corrected chi connectivity index (χ0v) is 11.2. The molecule has 0 aromatic carbocycles. The van der Waals surface area contributed by atoms with Gasteiger partial charge in [-0.1, -0.05) is 32.1 Å². The van der Waals surface area contributed by atoms with E-state index in [1.807, 2.05) is 0 Å². The molecule has 1 rings (SSSR count). The molecule has 1 atom stereocenters. The van der Waals surface area contributed by atoms with Gasteiger partial charge >= 0.3 is 0 Å². The second kappa shape index (κ2) is 11.0. The third-order valence-electron chi connectivity index (χ3n) is 3.29. The van der Waals surface area contributed by atoms with E-state index in [4.69, 9.17) is 15.2 Å². The van der Waals surface area contributed by atoms with E-state index >= 15 is 0 Å². The fourth-order valence-corrected chi connectivity index (χ4v) is 2.19. The first-order chi connectivity index (χ1) is 8.43. The van der Waals surface area contributed by atoms with Crippen LogP contribution in [0.2, 0.25) is 0 Å². The predicted molar refractivity (Wildman–Crippen MR) is 70.9 cm³/mol. The topological polar surface area (TPSA) is 44.5 Å². The summed E-state index contributed by atoms with van der Waals surface area (Å²) in [6, 6.07) is 0. The van der Waals surface area contributed by atoms with E-state index in [-0.39, 0.29) is 6.29 Å². The molecule has 2 N–H and O–H groups in total. The molecule has 1 aliphatic rings. The van der Waals surface area contributed by atoms with Gasteiger partial charge in [-0.25, -0.2) is 0 Å². The highest BCUT2D eigenvalue weighted by molar-refractivity contribution is 4.54. The lowest BCUT2D eigenvalue weighted by molar-refractivity contribution is -0.162. The van der Waals surface area contributed by atoms with Gasteiger partial charge in [-0.2, -0.15) is 0 Å². The zero-order chi connectivity index (χ0) is 12.2. The number of hydrogen-bond donors (Lipinski definition) is 1. The minimum atomic E-state index is 0.0910. The number of nitrogens with two attached hydrogens (primary N) is 1. The molecular weight excluding hydrogens is 214 g/mol. The average Bonchev–Trinajstić information content (AvgIpc) is 2.38. The molecule has 3 heteroatoms. The first-order valence-corrected chi connectivity index (χ1v) is 7.37. The van der Waals surface area contributed by atoms with Crippen LogP contribution in [-0.4, -0.2) is 26.0 Å². The maximum Gasteiger partial charge on any atom is 0.157 e. The quantitative estimate of drug-likeness (QED) is 0.599. The van der Waals surface area contributed by atoms with E-state index in [0.29, 0.717) is 0 Å². The largest absolute Gasteiger partial charge is 0.353 e. The molecule has 0 bridgehead atoms. The van der Waals surface area contributed by atoms with Crippen molar-refractivity contribution in [2.24, 2.45) is 5.73 Å². The fraction of sp³-hybridized carbons (Fsp3) is 1.00. The first-order valence-electron chi connectivity index (χ1n) is 7.37. The summed E-state index contributed by atoms with van der Waals surface area (Å²) in [5, 5.41) is 0. The molecule has 1 unspecified atom stereocenters. The molecule has 0 aromatic rings. The van der Waals surface area contributed by atoms with E-state index in [9.17, 15) is 0 Å². The zero-order valence-electron chi connectivity index (χ0n) is 11.2. The normalized spacial score (nSPS) is 20.6. The van der Waals surface area contributed by atoms with Crippen molar-refractivity contribution in [3.63, 3.8) is 0 Å². The average molecular weight is 243 g/mol. The smallest absolute Gasteiger partial charge is 0.157 e. The summed E-state index contributed by atoms with van der Waals surface area (Å²) in [5.41, 5.74) is 5.45. The van der Waals surface area contributed by atoms with Gasteiger partial charge in [-0.3, -0.25) is 0 Å². The van der Waals surface area contributed by atoms with Crippen LogP contribution in [0.3, 0.4) is 0 Å². The Morgan fingerprint density at radius 3 is 2.29 bits per heavy atom. The summed E-state index contributed by atoms with van der Waals surface area (Å²) in [5.74, 6) is 0. The van der Waals surface area contributed by atoms with E-state index in [1.165, 1.54) is 57.8 Å². The van der Waals surface area contributed by atoms with Gasteiger partial charge in [0.1, 0.15) is 0 Å². The summed E-state index contributed by atoms with van der Waals surface area (Å²) < 4.78 is 11.2. The van der Waals surface area contributed by atoms with Gasteiger partial charge < -0.3 is 15.2 Å². The number of hydrogen-bond acceptors (Lipinski definition) is 3. The molecule has 0 saturated carbocycles. The first kappa shape index (κ1) is 14.9. The van der Waals surface area contributed by atoms with Crippen molar-refractivity contribution in [1.29, 1.82) is 0 Å². The van der Waals surface area contributed by atoms with Crippen molar-refractivity contribution in [3.05, 3.63) is 0 Å². The number of rotatable bonds is 10. The summed E-state index contributed by atoms with van der Waals surface area (Å²) >= 11 is 0. The molecule has 1 fully saturated rings. The van der Waals surface area contributed by atoms with Gasteiger partial charge in [-0.05, 0) is 38.6 Å². The predicted octanol–water partition coefficient (Wildman–Crippen LogP) is 3.22. The third kappa shape index (κ3) is 8.58. The molecule has 1 aliphatic heterocycles. The Bertz CT molecular complexity index is 158. The standard InChI is InChI=1S/C14H29NO2/c15-11-7-4-2-1-3-5-8-12-16-14-10-6-9-13-17-14/h14H,1-13,15H2. The van der Waals surface area contributed by atoms with E-state index in [1.54, 1.807) is 0 Å². The molecule has 1 saturated heterocycles. The van der Waals surface area contributed by atoms with Crippen molar-refractivity contribution in [2.45, 2.75) is 70.5 Å². The molecule has 102 valence electrons. The maximum atomic E-state index is 5.69. The molecule has 0 radical (unpaired) electrons. The SMILES string of the molecule is NCCCCCCCCCOC1CCCCO1. The molecule has 0 amide bonds. The van der Waals surface area contributed by atoms with Gasteiger partial charge in [0.2, 0.25) is 0 Å². The number of unbranched alkanes of at least 4 members (excludes halogenated alkanes) is 6. The fourth-order valence-electron chi connectivity index (χ4n) is 2.19. The second-order valence-electron chi connectivity index (χ2n) is 4.93. The molecule has 17 heavy (non-hydrogen) atoms. The second-order valence-corrected chi connectivity index (χ2v) is 4.93. The van der Waals surface area contributed by atoms with Crippen LogP contribution in [0.25, 0.3) is 0 Å². The minimum Gasteiger partial charge on any atom is -0.353 e. The van der Waals surface area contributed by atoms with Crippen molar-refractivity contribution in [3.8, 4) is 0 Å². The number of ether oxygens (including phenoxy) is 2. The van der Waals surface area contributed by atoms with E-state index in [0.717, 1.165) is 26.2 Å². The highest BCUT2D eigenvalue weighted by Crippen LogP contribution is 2.14. The minimum absolute atomic E-state index is 0.0910. The van der Waals surface area contributed by atoms with Gasteiger partial charge in [0, 0.05) is 13.2 Å². The van der Waals surface area contributed by atoms with Crippen LogP contribution >= 0.6 is 0 Å². The Hall–Kier alpha value is -0.120. The van der Waals surface area contributed by atoms with Gasteiger partial charge in [0.05, 0.1) is 0 Å². The third-order valence-corrected chi connectivity index (χ3v) is 3.29. The Morgan fingerprint density at radius 2 is 1.65 bits per heavy atom. The highest BCUT2D eigenvalue weighted by atomic mass is 16.7.